The van der Waals surface area contributed by atoms with Crippen LogP contribution in [0.1, 0.15) is 16.7 Å². The summed E-state index contributed by atoms with van der Waals surface area (Å²) in [5, 5.41) is 6.35. The molecule has 0 saturated carbocycles. The van der Waals surface area contributed by atoms with Gasteiger partial charge < -0.3 is 15.4 Å². The summed E-state index contributed by atoms with van der Waals surface area (Å²) in [5.74, 6) is 1.33. The molecule has 4 nitrogen and oxygen atoms in total. The standard InChI is InChI=1S/C19H24FN3O.HI/c1-14-8-9-15(12-18(14)24-3)10-11-22-19(21-2)23-13-16-6-4-5-7-17(16)20;/h4-9,12H,10-11,13H2,1-3H3,(H2,21,22,23);1H. The molecular formula is C19H25FIN3O. The summed E-state index contributed by atoms with van der Waals surface area (Å²) in [5.41, 5.74) is 2.93. The highest BCUT2D eigenvalue weighted by atomic mass is 127. The van der Waals surface area contributed by atoms with Crippen LogP contribution >= 0.6 is 24.0 Å². The van der Waals surface area contributed by atoms with Gasteiger partial charge in [-0.15, -0.1) is 24.0 Å². The van der Waals surface area contributed by atoms with E-state index in [2.05, 4.69) is 27.8 Å². The van der Waals surface area contributed by atoms with Crippen LogP contribution in [-0.2, 0) is 13.0 Å². The fraction of sp³-hybridized carbons (Fsp3) is 0.316. The van der Waals surface area contributed by atoms with Crippen molar-refractivity contribution < 1.29 is 9.13 Å². The van der Waals surface area contributed by atoms with Crippen molar-refractivity contribution in [2.24, 2.45) is 4.99 Å². The van der Waals surface area contributed by atoms with Gasteiger partial charge in [-0.05, 0) is 36.6 Å². The van der Waals surface area contributed by atoms with E-state index in [-0.39, 0.29) is 29.8 Å². The monoisotopic (exact) mass is 457 g/mol. The minimum atomic E-state index is -0.216. The highest BCUT2D eigenvalue weighted by Gasteiger charge is 2.04. The Kier molecular flexibility index (Phi) is 9.26. The largest absolute Gasteiger partial charge is 0.496 e. The third-order valence-electron chi connectivity index (χ3n) is 3.81. The van der Waals surface area contributed by atoms with Gasteiger partial charge in [-0.3, -0.25) is 4.99 Å². The lowest BCUT2D eigenvalue weighted by atomic mass is 10.1. The van der Waals surface area contributed by atoms with E-state index in [0.717, 1.165) is 24.3 Å². The molecule has 2 rings (SSSR count). The van der Waals surface area contributed by atoms with Crippen molar-refractivity contribution in [3.63, 3.8) is 0 Å². The molecule has 0 saturated heterocycles. The molecule has 0 aliphatic rings. The minimum Gasteiger partial charge on any atom is -0.496 e. The minimum absolute atomic E-state index is 0. The second-order valence-electron chi connectivity index (χ2n) is 5.50. The number of hydrogen-bond donors (Lipinski definition) is 2. The third-order valence-corrected chi connectivity index (χ3v) is 3.81. The van der Waals surface area contributed by atoms with Gasteiger partial charge in [0.15, 0.2) is 5.96 Å². The number of ether oxygens (including phenoxy) is 1. The summed E-state index contributed by atoms with van der Waals surface area (Å²) < 4.78 is 19.0. The van der Waals surface area contributed by atoms with Gasteiger partial charge in [-0.25, -0.2) is 4.39 Å². The number of methoxy groups -OCH3 is 1. The Morgan fingerprint density at radius 3 is 2.60 bits per heavy atom. The van der Waals surface area contributed by atoms with E-state index in [4.69, 9.17) is 4.74 Å². The Morgan fingerprint density at radius 2 is 1.92 bits per heavy atom. The van der Waals surface area contributed by atoms with E-state index < -0.39 is 0 Å². The fourth-order valence-electron chi connectivity index (χ4n) is 2.39. The van der Waals surface area contributed by atoms with Crippen LogP contribution in [0.25, 0.3) is 0 Å². The Morgan fingerprint density at radius 1 is 1.16 bits per heavy atom. The zero-order chi connectivity index (χ0) is 17.4. The Bertz CT molecular complexity index is 707. The van der Waals surface area contributed by atoms with Gasteiger partial charge in [0.05, 0.1) is 7.11 Å². The van der Waals surface area contributed by atoms with Crippen molar-refractivity contribution in [3.05, 3.63) is 65.0 Å². The molecule has 0 heterocycles. The molecule has 6 heteroatoms. The molecular weight excluding hydrogens is 432 g/mol. The first kappa shape index (κ1) is 21.2. The second-order valence-corrected chi connectivity index (χ2v) is 5.50. The lowest BCUT2D eigenvalue weighted by Crippen LogP contribution is -2.38. The topological polar surface area (TPSA) is 45.7 Å². The molecule has 0 radical (unpaired) electrons. The number of aliphatic imine (C=N–C) groups is 1. The molecule has 0 unspecified atom stereocenters. The molecule has 136 valence electrons. The summed E-state index contributed by atoms with van der Waals surface area (Å²) >= 11 is 0. The Labute approximate surface area is 165 Å². The number of halogens is 2. The maximum absolute atomic E-state index is 13.6. The molecule has 0 fully saturated rings. The van der Waals surface area contributed by atoms with Crippen LogP contribution in [0.2, 0.25) is 0 Å². The van der Waals surface area contributed by atoms with E-state index in [9.17, 15) is 4.39 Å². The van der Waals surface area contributed by atoms with E-state index in [1.807, 2.05) is 19.1 Å². The van der Waals surface area contributed by atoms with Crippen LogP contribution in [0.15, 0.2) is 47.5 Å². The number of aryl methyl sites for hydroxylation is 1. The molecule has 0 aliphatic heterocycles. The van der Waals surface area contributed by atoms with Crippen LogP contribution in [0.4, 0.5) is 4.39 Å². The fourth-order valence-corrected chi connectivity index (χ4v) is 2.39. The average Bonchev–Trinajstić information content (AvgIpc) is 2.60. The van der Waals surface area contributed by atoms with Gasteiger partial charge in [0.1, 0.15) is 11.6 Å². The summed E-state index contributed by atoms with van der Waals surface area (Å²) in [4.78, 5) is 4.16. The van der Waals surface area contributed by atoms with E-state index >= 15 is 0 Å². The molecule has 0 bridgehead atoms. The molecule has 2 aromatic carbocycles. The second kappa shape index (κ2) is 10.9. The van der Waals surface area contributed by atoms with Crippen molar-refractivity contribution in [3.8, 4) is 5.75 Å². The molecule has 0 aromatic heterocycles. The van der Waals surface area contributed by atoms with Crippen LogP contribution in [0.5, 0.6) is 5.75 Å². The van der Waals surface area contributed by atoms with E-state index in [1.165, 1.54) is 11.6 Å². The number of nitrogens with zero attached hydrogens (tertiary/aromatic N) is 1. The van der Waals surface area contributed by atoms with Gasteiger partial charge in [-0.1, -0.05) is 30.3 Å². The molecule has 0 spiro atoms. The van der Waals surface area contributed by atoms with E-state index in [0.29, 0.717) is 18.1 Å². The average molecular weight is 457 g/mol. The lowest BCUT2D eigenvalue weighted by molar-refractivity contribution is 0.411. The molecule has 2 aromatic rings. The summed E-state index contributed by atoms with van der Waals surface area (Å²) in [6.45, 7) is 3.14. The van der Waals surface area contributed by atoms with Gasteiger partial charge >= 0.3 is 0 Å². The zero-order valence-electron chi connectivity index (χ0n) is 14.8. The van der Waals surface area contributed by atoms with Crippen LogP contribution in [-0.4, -0.2) is 26.7 Å². The molecule has 0 amide bonds. The number of nitrogens with one attached hydrogen (secondary N) is 2. The van der Waals surface area contributed by atoms with Crippen LogP contribution in [0, 0.1) is 12.7 Å². The van der Waals surface area contributed by atoms with Gasteiger partial charge in [-0.2, -0.15) is 0 Å². The maximum atomic E-state index is 13.6. The Hall–Kier alpha value is -1.83. The Balaban J connectivity index is 0.00000312. The highest BCUT2D eigenvalue weighted by Crippen LogP contribution is 2.18. The van der Waals surface area contributed by atoms with Crippen LogP contribution < -0.4 is 15.4 Å². The SMILES string of the molecule is CN=C(NCCc1ccc(C)c(OC)c1)NCc1ccccc1F.I. The predicted molar refractivity (Wildman–Crippen MR) is 111 cm³/mol. The maximum Gasteiger partial charge on any atom is 0.191 e. The van der Waals surface area contributed by atoms with Gasteiger partial charge in [0, 0.05) is 25.7 Å². The summed E-state index contributed by atoms with van der Waals surface area (Å²) in [6.07, 6.45) is 0.844. The quantitative estimate of drug-likeness (QED) is 0.396. The van der Waals surface area contributed by atoms with Gasteiger partial charge in [0.2, 0.25) is 0 Å². The first-order valence-corrected chi connectivity index (χ1v) is 7.95. The van der Waals surface area contributed by atoms with Gasteiger partial charge in [0.25, 0.3) is 0 Å². The summed E-state index contributed by atoms with van der Waals surface area (Å²) in [6, 6.07) is 12.9. The number of hydrogen-bond acceptors (Lipinski definition) is 2. The van der Waals surface area contributed by atoms with Crippen molar-refractivity contribution in [1.29, 1.82) is 0 Å². The normalized spacial score (nSPS) is 10.8. The van der Waals surface area contributed by atoms with E-state index in [1.54, 1.807) is 26.3 Å². The highest BCUT2D eigenvalue weighted by molar-refractivity contribution is 14.0. The van der Waals surface area contributed by atoms with Crippen molar-refractivity contribution in [2.45, 2.75) is 19.9 Å². The first-order valence-electron chi connectivity index (χ1n) is 7.95. The van der Waals surface area contributed by atoms with Crippen molar-refractivity contribution >= 4 is 29.9 Å². The molecule has 0 atom stereocenters. The lowest BCUT2D eigenvalue weighted by Gasteiger charge is -2.13. The molecule has 0 aliphatic carbocycles. The van der Waals surface area contributed by atoms with Crippen molar-refractivity contribution in [2.75, 3.05) is 20.7 Å². The zero-order valence-corrected chi connectivity index (χ0v) is 17.1. The number of benzene rings is 2. The van der Waals surface area contributed by atoms with Crippen LogP contribution in [0.3, 0.4) is 0 Å². The number of guanidine groups is 1. The molecule has 25 heavy (non-hydrogen) atoms. The molecule has 2 N–H and O–H groups in total. The first-order chi connectivity index (χ1) is 11.6. The predicted octanol–water partition coefficient (Wildman–Crippen LogP) is 3.67. The number of rotatable bonds is 6. The summed E-state index contributed by atoms with van der Waals surface area (Å²) in [7, 11) is 3.38. The van der Waals surface area contributed by atoms with Crippen molar-refractivity contribution in [1.82, 2.24) is 10.6 Å². The third kappa shape index (κ3) is 6.53. The smallest absolute Gasteiger partial charge is 0.191 e.